The lowest BCUT2D eigenvalue weighted by Gasteiger charge is -2.56. The zero-order valence-corrected chi connectivity index (χ0v) is 24.8. The van der Waals surface area contributed by atoms with Crippen molar-refractivity contribution in [3.63, 3.8) is 0 Å². The summed E-state index contributed by atoms with van der Waals surface area (Å²) < 4.78 is 0. The molecule has 0 bridgehead atoms. The molecule has 3 saturated carbocycles. The highest BCUT2D eigenvalue weighted by Gasteiger charge is 2.61. The van der Waals surface area contributed by atoms with Crippen molar-refractivity contribution < 1.29 is 20.1 Å². The first kappa shape index (κ1) is 29.1. The average Bonchev–Trinajstić information content (AvgIpc) is 3.47. The van der Waals surface area contributed by atoms with E-state index in [9.17, 15) is 20.1 Å². The van der Waals surface area contributed by atoms with Crippen molar-refractivity contribution in [1.29, 1.82) is 0 Å². The summed E-state index contributed by atoms with van der Waals surface area (Å²) in [5, 5.41) is 33.6. The van der Waals surface area contributed by atoms with Crippen molar-refractivity contribution in [2.45, 2.75) is 123 Å². The standard InChI is InChI=1S/C34H53NO4/c1-5-6-7-26(36)18-23-17-25-20-31(38)34(4)27(10-11-28(34)33(25)30(37)19-23)22(3)9-13-32(39)35-15-14-24-16-21(2)8-12-29(24)35/h8,12,16,22-23,25-28,30-31,33,36-38H,5-7,9-11,13-15,17-20H2,1-4H3/t22-,23+,25+,26-,27-,28+,30-,31+,33-,34-/m1/s1. The van der Waals surface area contributed by atoms with Gasteiger partial charge in [-0.1, -0.05) is 51.3 Å². The van der Waals surface area contributed by atoms with Crippen LogP contribution in [-0.2, 0) is 11.2 Å². The van der Waals surface area contributed by atoms with Gasteiger partial charge in [0.2, 0.25) is 5.91 Å². The zero-order valence-electron chi connectivity index (χ0n) is 24.8. The van der Waals surface area contributed by atoms with Crippen LogP contribution in [-0.4, -0.2) is 46.1 Å². The summed E-state index contributed by atoms with van der Waals surface area (Å²) in [4.78, 5) is 15.2. The molecule has 0 spiro atoms. The Labute approximate surface area is 236 Å². The lowest BCUT2D eigenvalue weighted by molar-refractivity contribution is -0.156. The molecule has 5 heteroatoms. The highest BCUT2D eigenvalue weighted by atomic mass is 16.3. The fourth-order valence-corrected chi connectivity index (χ4v) is 9.75. The van der Waals surface area contributed by atoms with Crippen LogP contribution in [0.5, 0.6) is 0 Å². The van der Waals surface area contributed by atoms with Crippen molar-refractivity contribution in [3.05, 3.63) is 29.3 Å². The van der Waals surface area contributed by atoms with E-state index in [0.717, 1.165) is 82.9 Å². The van der Waals surface area contributed by atoms with Crippen molar-refractivity contribution in [3.8, 4) is 0 Å². The number of aliphatic hydroxyl groups excluding tert-OH is 3. The first-order valence-corrected chi connectivity index (χ1v) is 16.1. The molecule has 0 aromatic heterocycles. The van der Waals surface area contributed by atoms with Gasteiger partial charge in [-0.15, -0.1) is 0 Å². The van der Waals surface area contributed by atoms with Crippen LogP contribution in [0.1, 0.15) is 103 Å². The molecule has 1 aliphatic heterocycles. The number of carbonyl (C=O) groups is 1. The van der Waals surface area contributed by atoms with Gasteiger partial charge in [-0.3, -0.25) is 4.79 Å². The first-order chi connectivity index (χ1) is 18.6. The molecule has 1 aromatic carbocycles. The molecule has 1 amide bonds. The van der Waals surface area contributed by atoms with Crippen LogP contribution in [0.2, 0.25) is 0 Å². The lowest BCUT2D eigenvalue weighted by atomic mass is 9.51. The second kappa shape index (κ2) is 11.8. The number of fused-ring (bicyclic) bond motifs is 4. The number of carbonyl (C=O) groups excluding carboxylic acids is 1. The number of amides is 1. The van der Waals surface area contributed by atoms with E-state index in [4.69, 9.17) is 0 Å². The molecule has 4 aliphatic rings. The molecule has 3 N–H and O–H groups in total. The molecule has 0 unspecified atom stereocenters. The van der Waals surface area contributed by atoms with Gasteiger partial charge in [-0.2, -0.15) is 0 Å². The highest BCUT2D eigenvalue weighted by Crippen LogP contribution is 2.64. The molecule has 10 atom stereocenters. The van der Waals surface area contributed by atoms with Gasteiger partial charge in [0.05, 0.1) is 18.3 Å². The minimum absolute atomic E-state index is 0.199. The van der Waals surface area contributed by atoms with Crippen molar-refractivity contribution in [1.82, 2.24) is 0 Å². The van der Waals surface area contributed by atoms with Crippen LogP contribution < -0.4 is 4.90 Å². The number of aryl methyl sites for hydroxylation is 1. The maximum atomic E-state index is 13.3. The Bertz CT molecular complexity index is 1010. The van der Waals surface area contributed by atoms with Gasteiger partial charge in [0.15, 0.2) is 0 Å². The number of rotatable bonds is 9. The largest absolute Gasteiger partial charge is 0.393 e. The van der Waals surface area contributed by atoms with Crippen LogP contribution in [0.25, 0.3) is 0 Å². The minimum atomic E-state index is -0.362. The van der Waals surface area contributed by atoms with Crippen molar-refractivity contribution in [2.75, 3.05) is 11.4 Å². The van der Waals surface area contributed by atoms with E-state index in [1.54, 1.807) is 0 Å². The molecule has 5 nitrogen and oxygen atoms in total. The second-order valence-corrected chi connectivity index (χ2v) is 14.1. The van der Waals surface area contributed by atoms with Gasteiger partial charge in [0.25, 0.3) is 0 Å². The van der Waals surface area contributed by atoms with Gasteiger partial charge >= 0.3 is 0 Å². The summed E-state index contributed by atoms with van der Waals surface area (Å²) in [6, 6.07) is 6.40. The summed E-state index contributed by atoms with van der Waals surface area (Å²) >= 11 is 0. The third-order valence-electron chi connectivity index (χ3n) is 11.7. The second-order valence-electron chi connectivity index (χ2n) is 14.1. The molecule has 218 valence electrons. The molecule has 39 heavy (non-hydrogen) atoms. The number of anilines is 1. The fourth-order valence-electron chi connectivity index (χ4n) is 9.75. The maximum Gasteiger partial charge on any atom is 0.227 e. The van der Waals surface area contributed by atoms with Crippen LogP contribution in [0.4, 0.5) is 5.69 Å². The molecule has 3 fully saturated rings. The number of benzene rings is 1. The summed E-state index contributed by atoms with van der Waals surface area (Å²) in [6.45, 7) is 9.62. The third kappa shape index (κ3) is 5.57. The van der Waals surface area contributed by atoms with Crippen LogP contribution in [0.15, 0.2) is 18.2 Å². The van der Waals surface area contributed by atoms with E-state index >= 15 is 0 Å². The molecule has 1 aromatic rings. The number of hydrogen-bond donors (Lipinski definition) is 3. The Balaban J connectivity index is 1.20. The third-order valence-corrected chi connectivity index (χ3v) is 11.7. The summed E-state index contributed by atoms with van der Waals surface area (Å²) in [5.74, 6) is 2.25. The van der Waals surface area contributed by atoms with E-state index in [2.05, 4.69) is 45.9 Å². The van der Waals surface area contributed by atoms with E-state index in [1.165, 1.54) is 11.1 Å². The quantitative estimate of drug-likeness (QED) is 0.357. The molecule has 0 saturated heterocycles. The normalized spacial score (nSPS) is 37.2. The predicted molar refractivity (Wildman–Crippen MR) is 156 cm³/mol. The van der Waals surface area contributed by atoms with Gasteiger partial charge in [-0.25, -0.2) is 0 Å². The fraction of sp³-hybridized carbons (Fsp3) is 0.794. The first-order valence-electron chi connectivity index (χ1n) is 16.1. The van der Waals surface area contributed by atoms with Crippen molar-refractivity contribution in [2.24, 2.45) is 40.9 Å². The molecule has 0 radical (unpaired) electrons. The summed E-state index contributed by atoms with van der Waals surface area (Å²) in [5.41, 5.74) is 3.42. The number of unbranched alkanes of at least 4 members (excludes halogenated alkanes) is 1. The number of nitrogens with zero attached hydrogens (tertiary/aromatic N) is 1. The number of hydrogen-bond acceptors (Lipinski definition) is 4. The molecule has 3 aliphatic carbocycles. The van der Waals surface area contributed by atoms with Gasteiger partial charge in [-0.05, 0) is 117 Å². The summed E-state index contributed by atoms with van der Waals surface area (Å²) in [6.07, 6.45) is 9.90. The molecular formula is C34H53NO4. The Hall–Kier alpha value is -1.43. The zero-order chi connectivity index (χ0) is 27.9. The van der Waals surface area contributed by atoms with Crippen LogP contribution >= 0.6 is 0 Å². The monoisotopic (exact) mass is 539 g/mol. The Morgan fingerprint density at radius 2 is 1.95 bits per heavy atom. The van der Waals surface area contributed by atoms with E-state index in [1.807, 2.05) is 4.90 Å². The Morgan fingerprint density at radius 3 is 2.72 bits per heavy atom. The summed E-state index contributed by atoms with van der Waals surface area (Å²) in [7, 11) is 0. The molecule has 1 heterocycles. The van der Waals surface area contributed by atoms with E-state index < -0.39 is 0 Å². The van der Waals surface area contributed by atoms with E-state index in [0.29, 0.717) is 36.0 Å². The lowest BCUT2D eigenvalue weighted by Crippen LogP contribution is -2.56. The Morgan fingerprint density at radius 1 is 1.15 bits per heavy atom. The van der Waals surface area contributed by atoms with Crippen LogP contribution in [0, 0.1) is 47.8 Å². The predicted octanol–water partition coefficient (Wildman–Crippen LogP) is 6.04. The van der Waals surface area contributed by atoms with Crippen molar-refractivity contribution >= 4 is 11.6 Å². The van der Waals surface area contributed by atoms with Gasteiger partial charge in [0.1, 0.15) is 0 Å². The average molecular weight is 540 g/mol. The maximum absolute atomic E-state index is 13.3. The van der Waals surface area contributed by atoms with E-state index in [-0.39, 0.29) is 35.6 Å². The smallest absolute Gasteiger partial charge is 0.227 e. The van der Waals surface area contributed by atoms with Gasteiger partial charge < -0.3 is 20.2 Å². The molecular weight excluding hydrogens is 486 g/mol. The Kier molecular flexibility index (Phi) is 8.81. The molecule has 5 rings (SSSR count). The van der Waals surface area contributed by atoms with Gasteiger partial charge in [0, 0.05) is 18.7 Å². The highest BCUT2D eigenvalue weighted by molar-refractivity contribution is 5.95. The SMILES string of the molecule is CCCC[C@@H](O)C[C@@H]1C[C@H]2C[C@H](O)[C@]3(C)[C@@H]([C@H](C)CCC(=O)N4CCc5cc(C)ccc54)CC[C@H]3[C@@H]2[C@H](O)C1. The number of aliphatic hydroxyl groups is 3. The van der Waals surface area contributed by atoms with Crippen LogP contribution in [0.3, 0.4) is 0 Å². The minimum Gasteiger partial charge on any atom is -0.393 e. The topological polar surface area (TPSA) is 81.0 Å².